The first-order valence-corrected chi connectivity index (χ1v) is 13.2. The van der Waals surface area contributed by atoms with Crippen LogP contribution in [-0.2, 0) is 29.0 Å². The molecule has 0 spiro atoms. The molecule has 2 amide bonds. The van der Waals surface area contributed by atoms with E-state index in [1.165, 1.54) is 5.56 Å². The quantitative estimate of drug-likeness (QED) is 0.389. The van der Waals surface area contributed by atoms with Gasteiger partial charge in [-0.15, -0.1) is 0 Å². The maximum Gasteiger partial charge on any atom is 0.243 e. The van der Waals surface area contributed by atoms with Gasteiger partial charge in [0.15, 0.2) is 0 Å². The molecule has 1 N–H and O–H groups in total. The van der Waals surface area contributed by atoms with Gasteiger partial charge < -0.3 is 10.2 Å². The molecule has 0 bridgehead atoms. The lowest BCUT2D eigenvalue weighted by Crippen LogP contribution is -2.52. The van der Waals surface area contributed by atoms with Crippen molar-refractivity contribution in [2.45, 2.75) is 77.4 Å². The van der Waals surface area contributed by atoms with Crippen molar-refractivity contribution in [1.82, 2.24) is 10.2 Å². The second-order valence-electron chi connectivity index (χ2n) is 10.2. The normalized spacial score (nSPS) is 14.4. The second kappa shape index (κ2) is 12.5. The minimum absolute atomic E-state index is 0.0135. The van der Waals surface area contributed by atoms with Gasteiger partial charge in [0.1, 0.15) is 6.04 Å². The summed E-state index contributed by atoms with van der Waals surface area (Å²) in [5.41, 5.74) is 5.60. The number of nitrogens with zero attached hydrogens (tertiary/aromatic N) is 1. The van der Waals surface area contributed by atoms with Crippen LogP contribution in [0.1, 0.15) is 59.9 Å². The number of hydrogen-bond donors (Lipinski definition) is 1. The number of benzene rings is 3. The van der Waals surface area contributed by atoms with E-state index in [0.717, 1.165) is 47.9 Å². The third-order valence-electron chi connectivity index (χ3n) is 7.16. The van der Waals surface area contributed by atoms with E-state index in [9.17, 15) is 9.59 Å². The zero-order chi connectivity index (χ0) is 25.3. The summed E-state index contributed by atoms with van der Waals surface area (Å²) in [5.74, 6) is -0.0262. The van der Waals surface area contributed by atoms with Crippen LogP contribution in [0.4, 0.5) is 0 Å². The first-order chi connectivity index (χ1) is 17.5. The van der Waals surface area contributed by atoms with E-state index in [2.05, 4.69) is 55.6 Å². The van der Waals surface area contributed by atoms with Crippen molar-refractivity contribution in [1.29, 1.82) is 0 Å². The van der Waals surface area contributed by atoms with Gasteiger partial charge in [0, 0.05) is 25.4 Å². The van der Waals surface area contributed by atoms with E-state index in [0.29, 0.717) is 25.8 Å². The number of rotatable bonds is 10. The van der Waals surface area contributed by atoms with Crippen LogP contribution in [-0.4, -0.2) is 28.8 Å². The van der Waals surface area contributed by atoms with Crippen molar-refractivity contribution < 1.29 is 9.59 Å². The average molecular weight is 483 g/mol. The SMILES string of the molecule is Cc1ccc(CCC(=O)N(Cc2cccc(C)c2)C(Cc2ccccc2)C(=O)NC2CCCC2)cc1. The number of aryl methyl sites for hydroxylation is 3. The molecule has 4 nitrogen and oxygen atoms in total. The van der Waals surface area contributed by atoms with Gasteiger partial charge in [-0.25, -0.2) is 0 Å². The Bertz CT molecular complexity index is 1130. The third-order valence-corrected chi connectivity index (χ3v) is 7.16. The van der Waals surface area contributed by atoms with Crippen LogP contribution < -0.4 is 5.32 Å². The Hall–Kier alpha value is -3.40. The largest absolute Gasteiger partial charge is 0.352 e. The summed E-state index contributed by atoms with van der Waals surface area (Å²) >= 11 is 0. The number of carbonyl (C=O) groups is 2. The standard InChI is InChI=1S/C32H38N2O2/c1-24-15-17-26(18-16-24)19-20-31(35)34(23-28-12-8-9-25(2)21-28)30(22-27-10-4-3-5-11-27)32(36)33-29-13-6-7-14-29/h3-5,8-12,15-18,21,29-30H,6-7,13-14,19-20,22-23H2,1-2H3,(H,33,36). The highest BCUT2D eigenvalue weighted by Crippen LogP contribution is 2.21. The summed E-state index contributed by atoms with van der Waals surface area (Å²) in [7, 11) is 0. The Balaban J connectivity index is 1.60. The Morgan fingerprint density at radius 2 is 1.53 bits per heavy atom. The fraction of sp³-hybridized carbons (Fsp3) is 0.375. The minimum Gasteiger partial charge on any atom is -0.352 e. The second-order valence-corrected chi connectivity index (χ2v) is 10.2. The summed E-state index contributed by atoms with van der Waals surface area (Å²) in [5, 5.41) is 3.28. The first-order valence-electron chi connectivity index (χ1n) is 13.2. The Morgan fingerprint density at radius 3 is 2.22 bits per heavy atom. The van der Waals surface area contributed by atoms with Crippen molar-refractivity contribution in [2.75, 3.05) is 0 Å². The monoisotopic (exact) mass is 482 g/mol. The molecule has 3 aromatic rings. The summed E-state index contributed by atoms with van der Waals surface area (Å²) in [6.45, 7) is 4.54. The molecule has 4 heteroatoms. The Labute approximate surface area is 215 Å². The molecule has 1 aliphatic carbocycles. The summed E-state index contributed by atoms with van der Waals surface area (Å²) in [6, 6.07) is 26.2. The van der Waals surface area contributed by atoms with Crippen LogP contribution in [0.25, 0.3) is 0 Å². The van der Waals surface area contributed by atoms with Crippen molar-refractivity contribution >= 4 is 11.8 Å². The molecule has 0 aliphatic heterocycles. The van der Waals surface area contributed by atoms with Gasteiger partial charge >= 0.3 is 0 Å². The van der Waals surface area contributed by atoms with Crippen molar-refractivity contribution in [3.05, 3.63) is 107 Å². The van der Waals surface area contributed by atoms with Gasteiger partial charge in [-0.05, 0) is 49.8 Å². The van der Waals surface area contributed by atoms with Gasteiger partial charge in [0.25, 0.3) is 0 Å². The molecule has 1 fully saturated rings. The molecule has 0 aromatic heterocycles. The van der Waals surface area contributed by atoms with E-state index >= 15 is 0 Å². The average Bonchev–Trinajstić information content (AvgIpc) is 3.39. The lowest BCUT2D eigenvalue weighted by molar-refractivity contribution is -0.141. The summed E-state index contributed by atoms with van der Waals surface area (Å²) < 4.78 is 0. The molecule has 36 heavy (non-hydrogen) atoms. The number of hydrogen-bond acceptors (Lipinski definition) is 2. The van der Waals surface area contributed by atoms with Crippen molar-refractivity contribution in [3.63, 3.8) is 0 Å². The van der Waals surface area contributed by atoms with Crippen LogP contribution in [0, 0.1) is 13.8 Å². The van der Waals surface area contributed by atoms with E-state index in [1.807, 2.05) is 47.4 Å². The molecule has 0 radical (unpaired) electrons. The molecule has 1 unspecified atom stereocenters. The molecule has 4 rings (SSSR count). The van der Waals surface area contributed by atoms with Crippen molar-refractivity contribution in [2.24, 2.45) is 0 Å². The molecule has 1 aliphatic rings. The molecule has 188 valence electrons. The molecule has 3 aromatic carbocycles. The fourth-order valence-electron chi connectivity index (χ4n) is 5.08. The van der Waals surface area contributed by atoms with Gasteiger partial charge in [0.2, 0.25) is 11.8 Å². The predicted molar refractivity (Wildman–Crippen MR) is 146 cm³/mol. The van der Waals surface area contributed by atoms with E-state index in [1.54, 1.807) is 0 Å². The highest BCUT2D eigenvalue weighted by atomic mass is 16.2. The molecular weight excluding hydrogens is 444 g/mol. The van der Waals surface area contributed by atoms with Gasteiger partial charge in [0.05, 0.1) is 0 Å². The number of carbonyl (C=O) groups excluding carboxylic acids is 2. The molecule has 0 saturated heterocycles. The van der Waals surface area contributed by atoms with Crippen molar-refractivity contribution in [3.8, 4) is 0 Å². The van der Waals surface area contributed by atoms with E-state index in [-0.39, 0.29) is 17.9 Å². The van der Waals surface area contributed by atoms with E-state index in [4.69, 9.17) is 0 Å². The van der Waals surface area contributed by atoms with E-state index < -0.39 is 6.04 Å². The zero-order valence-electron chi connectivity index (χ0n) is 21.6. The molecule has 0 heterocycles. The Kier molecular flexibility index (Phi) is 8.94. The zero-order valence-corrected chi connectivity index (χ0v) is 21.6. The van der Waals surface area contributed by atoms with Crippen LogP contribution in [0.5, 0.6) is 0 Å². The fourth-order valence-corrected chi connectivity index (χ4v) is 5.08. The highest BCUT2D eigenvalue weighted by molar-refractivity contribution is 5.88. The number of amides is 2. The number of nitrogens with one attached hydrogen (secondary N) is 1. The smallest absolute Gasteiger partial charge is 0.243 e. The van der Waals surface area contributed by atoms with Gasteiger partial charge in [-0.2, -0.15) is 0 Å². The van der Waals surface area contributed by atoms with Crippen LogP contribution in [0.3, 0.4) is 0 Å². The summed E-state index contributed by atoms with van der Waals surface area (Å²) in [6.07, 6.45) is 5.86. The molecule has 1 saturated carbocycles. The highest BCUT2D eigenvalue weighted by Gasteiger charge is 2.32. The lowest BCUT2D eigenvalue weighted by Gasteiger charge is -2.32. The third kappa shape index (κ3) is 7.30. The Morgan fingerprint density at radius 1 is 0.833 bits per heavy atom. The molecular formula is C32H38N2O2. The maximum atomic E-state index is 13.8. The van der Waals surface area contributed by atoms with Gasteiger partial charge in [-0.3, -0.25) is 9.59 Å². The van der Waals surface area contributed by atoms with Crippen LogP contribution in [0.2, 0.25) is 0 Å². The van der Waals surface area contributed by atoms with Crippen LogP contribution in [0.15, 0.2) is 78.9 Å². The molecule has 1 atom stereocenters. The van der Waals surface area contributed by atoms with Crippen LogP contribution >= 0.6 is 0 Å². The predicted octanol–water partition coefficient (Wildman–Crippen LogP) is 5.93. The lowest BCUT2D eigenvalue weighted by atomic mass is 10.0. The maximum absolute atomic E-state index is 13.8. The first kappa shape index (κ1) is 25.7. The topological polar surface area (TPSA) is 49.4 Å². The minimum atomic E-state index is -0.556. The summed E-state index contributed by atoms with van der Waals surface area (Å²) in [4.78, 5) is 29.3. The van der Waals surface area contributed by atoms with Gasteiger partial charge in [-0.1, -0.05) is 103 Å².